The van der Waals surface area contributed by atoms with Crippen LogP contribution in [0.4, 0.5) is 5.69 Å². The van der Waals surface area contributed by atoms with E-state index in [9.17, 15) is 14.4 Å². The van der Waals surface area contributed by atoms with Crippen molar-refractivity contribution in [1.82, 2.24) is 14.6 Å². The van der Waals surface area contributed by atoms with E-state index >= 15 is 0 Å². The summed E-state index contributed by atoms with van der Waals surface area (Å²) in [5, 5.41) is 5.00. The Morgan fingerprint density at radius 3 is 2.61 bits per heavy atom. The second kappa shape index (κ2) is 10.2. The molecule has 1 aliphatic carbocycles. The maximum atomic E-state index is 13.7. The van der Waals surface area contributed by atoms with Crippen LogP contribution in [0.5, 0.6) is 0 Å². The third-order valence-electron chi connectivity index (χ3n) is 5.65. The second-order valence-corrected chi connectivity index (χ2v) is 9.66. The number of nitrogens with two attached hydrogens (primary N) is 2. The zero-order chi connectivity index (χ0) is 23.4. The molecule has 174 valence electrons. The summed E-state index contributed by atoms with van der Waals surface area (Å²) in [7, 11) is 0. The number of primary amides is 1. The van der Waals surface area contributed by atoms with Crippen LogP contribution in [0, 0.1) is 0 Å². The van der Waals surface area contributed by atoms with Crippen LogP contribution in [-0.2, 0) is 11.3 Å². The largest absolute Gasteiger partial charge is 0.467 e. The number of hydrogen-bond acceptors (Lipinski definition) is 8. The third kappa shape index (κ3) is 5.09. The lowest BCUT2D eigenvalue weighted by Crippen LogP contribution is -2.46. The first-order valence-electron chi connectivity index (χ1n) is 10.7. The molecule has 1 atom stereocenters. The van der Waals surface area contributed by atoms with Crippen molar-refractivity contribution < 1.29 is 18.8 Å². The number of rotatable bonds is 8. The van der Waals surface area contributed by atoms with Crippen molar-refractivity contribution in [3.63, 3.8) is 0 Å². The molecule has 3 heterocycles. The smallest absolute Gasteiger partial charge is 0.270 e. The number of nitrogen functional groups attached to an aromatic ring is 1. The average molecular weight is 488 g/mol. The summed E-state index contributed by atoms with van der Waals surface area (Å²) in [6, 6.07) is 6.28. The highest BCUT2D eigenvalue weighted by atomic mass is 32.1. The molecular formula is C22H25N5O4S2. The van der Waals surface area contributed by atoms with E-state index in [0.29, 0.717) is 10.6 Å². The molecule has 1 aliphatic rings. The van der Waals surface area contributed by atoms with E-state index in [1.54, 1.807) is 12.1 Å². The zero-order valence-electron chi connectivity index (χ0n) is 17.9. The summed E-state index contributed by atoms with van der Waals surface area (Å²) >= 11 is 2.18. The van der Waals surface area contributed by atoms with Crippen LogP contribution in [0.15, 0.2) is 40.3 Å². The molecule has 0 bridgehead atoms. The van der Waals surface area contributed by atoms with Crippen molar-refractivity contribution in [3.8, 4) is 0 Å². The number of carbonyl (C=O) groups is 3. The molecule has 1 unspecified atom stereocenters. The van der Waals surface area contributed by atoms with Crippen LogP contribution >= 0.6 is 22.9 Å². The molecule has 0 aliphatic heterocycles. The number of thiophene rings is 1. The van der Waals surface area contributed by atoms with Gasteiger partial charge in [-0.3, -0.25) is 14.4 Å². The molecule has 9 nitrogen and oxygen atoms in total. The van der Waals surface area contributed by atoms with Crippen LogP contribution in [-0.4, -0.2) is 33.0 Å². The fourth-order valence-corrected chi connectivity index (χ4v) is 5.60. The molecule has 3 amide bonds. The SMILES string of the molecule is NC(=O)c1nsc(C(=O)N(Cc2ccco2)C(C(=O)NC2CCCCC2)c2cccs2)c1N. The molecule has 0 spiro atoms. The first-order chi connectivity index (χ1) is 16.0. The lowest BCUT2D eigenvalue weighted by Gasteiger charge is -2.32. The van der Waals surface area contributed by atoms with Crippen molar-refractivity contribution in [3.05, 3.63) is 57.1 Å². The minimum Gasteiger partial charge on any atom is -0.467 e. The van der Waals surface area contributed by atoms with Crippen molar-refractivity contribution in [2.75, 3.05) is 5.73 Å². The van der Waals surface area contributed by atoms with Crippen molar-refractivity contribution in [2.24, 2.45) is 5.73 Å². The molecular weight excluding hydrogens is 462 g/mol. The number of carbonyl (C=O) groups excluding carboxylic acids is 3. The molecule has 33 heavy (non-hydrogen) atoms. The van der Waals surface area contributed by atoms with Gasteiger partial charge in [0, 0.05) is 10.9 Å². The van der Waals surface area contributed by atoms with Gasteiger partial charge in [0.25, 0.3) is 11.8 Å². The predicted octanol–water partition coefficient (Wildman–Crippen LogP) is 3.31. The Morgan fingerprint density at radius 1 is 1.21 bits per heavy atom. The number of hydrogen-bond donors (Lipinski definition) is 3. The quantitative estimate of drug-likeness (QED) is 0.444. The predicted molar refractivity (Wildman–Crippen MR) is 126 cm³/mol. The van der Waals surface area contributed by atoms with Gasteiger partial charge < -0.3 is 26.1 Å². The molecule has 5 N–H and O–H groups in total. The minimum atomic E-state index is -0.900. The minimum absolute atomic E-state index is 0.0374. The fraction of sp³-hybridized carbons (Fsp3) is 0.364. The Hall–Kier alpha value is -3.18. The highest BCUT2D eigenvalue weighted by Crippen LogP contribution is 2.32. The van der Waals surface area contributed by atoms with Gasteiger partial charge in [0.05, 0.1) is 18.5 Å². The van der Waals surface area contributed by atoms with E-state index in [4.69, 9.17) is 15.9 Å². The van der Waals surface area contributed by atoms with Gasteiger partial charge in [-0.25, -0.2) is 0 Å². The summed E-state index contributed by atoms with van der Waals surface area (Å²) in [5.41, 5.74) is 11.1. The zero-order valence-corrected chi connectivity index (χ0v) is 19.5. The van der Waals surface area contributed by atoms with Crippen LogP contribution in [0.2, 0.25) is 0 Å². The molecule has 1 fully saturated rings. The molecule has 1 saturated carbocycles. The normalized spacial score (nSPS) is 15.2. The van der Waals surface area contributed by atoms with Gasteiger partial charge in [0.15, 0.2) is 5.69 Å². The standard InChI is InChI=1S/C22H25N5O4S2/c23-16-17(20(24)28)26-33-19(16)22(30)27(12-14-8-4-10-31-14)18(15-9-5-11-32-15)21(29)25-13-6-2-1-3-7-13/h4-5,8-11,13,18H,1-3,6-7,12,23H2,(H2,24,28)(H,25,29). The van der Waals surface area contributed by atoms with Crippen LogP contribution in [0.1, 0.15) is 68.9 Å². The fourth-order valence-electron chi connectivity index (χ4n) is 4.01. The summed E-state index contributed by atoms with van der Waals surface area (Å²) < 4.78 is 9.43. The second-order valence-electron chi connectivity index (χ2n) is 7.91. The van der Waals surface area contributed by atoms with Crippen molar-refractivity contribution in [2.45, 2.75) is 50.7 Å². The monoisotopic (exact) mass is 487 g/mol. The molecule has 11 heteroatoms. The summed E-state index contributed by atoms with van der Waals surface area (Å²) in [6.07, 6.45) is 6.63. The van der Waals surface area contributed by atoms with Crippen LogP contribution in [0.3, 0.4) is 0 Å². The summed E-state index contributed by atoms with van der Waals surface area (Å²) in [4.78, 5) is 41.1. The Bertz CT molecular complexity index is 1100. The number of aromatic nitrogens is 1. The van der Waals surface area contributed by atoms with Gasteiger partial charge in [-0.05, 0) is 48.0 Å². The Balaban J connectivity index is 1.71. The Labute approximate surface area is 198 Å². The van der Waals surface area contributed by atoms with Crippen LogP contribution in [0.25, 0.3) is 0 Å². The number of anilines is 1. The molecule has 0 aromatic carbocycles. The lowest BCUT2D eigenvalue weighted by molar-refractivity contribution is -0.127. The molecule has 4 rings (SSSR count). The van der Waals surface area contributed by atoms with Gasteiger partial charge in [-0.2, -0.15) is 4.37 Å². The number of nitrogens with zero attached hydrogens (tertiary/aromatic N) is 2. The first-order valence-corrected chi connectivity index (χ1v) is 12.3. The highest BCUT2D eigenvalue weighted by Gasteiger charge is 2.36. The van der Waals surface area contributed by atoms with Gasteiger partial charge >= 0.3 is 0 Å². The molecule has 0 radical (unpaired) electrons. The van der Waals surface area contributed by atoms with E-state index < -0.39 is 17.9 Å². The van der Waals surface area contributed by atoms with Crippen molar-refractivity contribution >= 4 is 46.3 Å². The van der Waals surface area contributed by atoms with E-state index in [1.807, 2.05) is 17.5 Å². The first kappa shape index (κ1) is 23.0. The van der Waals surface area contributed by atoms with Gasteiger partial charge in [-0.15, -0.1) is 11.3 Å². The molecule has 3 aromatic heterocycles. The highest BCUT2D eigenvalue weighted by molar-refractivity contribution is 7.10. The van der Waals surface area contributed by atoms with Crippen molar-refractivity contribution in [1.29, 1.82) is 0 Å². The van der Waals surface area contributed by atoms with E-state index in [-0.39, 0.29) is 34.8 Å². The summed E-state index contributed by atoms with van der Waals surface area (Å²) in [6.45, 7) is 0.0374. The average Bonchev–Trinajstić information content (AvgIpc) is 3.56. The Kier molecular flexibility index (Phi) is 7.09. The molecule has 0 saturated heterocycles. The van der Waals surface area contributed by atoms with Crippen LogP contribution < -0.4 is 16.8 Å². The van der Waals surface area contributed by atoms with E-state index in [2.05, 4.69) is 9.69 Å². The number of amides is 3. The number of nitrogens with one attached hydrogen (secondary N) is 1. The van der Waals surface area contributed by atoms with Gasteiger partial charge in [0.2, 0.25) is 5.91 Å². The Morgan fingerprint density at radius 2 is 2.00 bits per heavy atom. The maximum Gasteiger partial charge on any atom is 0.270 e. The van der Waals surface area contributed by atoms with E-state index in [0.717, 1.165) is 43.6 Å². The third-order valence-corrected chi connectivity index (χ3v) is 7.42. The maximum absolute atomic E-state index is 13.7. The lowest BCUT2D eigenvalue weighted by atomic mass is 9.95. The molecule has 3 aromatic rings. The van der Waals surface area contributed by atoms with Gasteiger partial charge in [-0.1, -0.05) is 25.3 Å². The summed E-state index contributed by atoms with van der Waals surface area (Å²) in [5.74, 6) is -1.09. The van der Waals surface area contributed by atoms with E-state index in [1.165, 1.54) is 22.5 Å². The topological polar surface area (TPSA) is 145 Å². The van der Waals surface area contributed by atoms with Gasteiger partial charge in [0.1, 0.15) is 16.7 Å². The number of furan rings is 1.